The Morgan fingerprint density at radius 2 is 1.95 bits per heavy atom. The Morgan fingerprint density at radius 3 is 2.50 bits per heavy atom. The lowest BCUT2D eigenvalue weighted by Crippen LogP contribution is -2.27. The molecule has 1 saturated heterocycles. The molecule has 0 aliphatic carbocycles. The summed E-state index contributed by atoms with van der Waals surface area (Å²) >= 11 is 6.16. The topological polar surface area (TPSA) is 59.6 Å². The van der Waals surface area contributed by atoms with Crippen molar-refractivity contribution >= 4 is 23.2 Å². The maximum Gasteiger partial charge on any atom is 0.229 e. The molecule has 0 aromatic heterocycles. The number of hydrogen-bond donors (Lipinski definition) is 2. The summed E-state index contributed by atoms with van der Waals surface area (Å²) in [5.41, 5.74) is 0.536. The van der Waals surface area contributed by atoms with Crippen molar-refractivity contribution in [3.63, 3.8) is 0 Å². The van der Waals surface area contributed by atoms with Crippen LogP contribution in [0.5, 0.6) is 11.5 Å². The van der Waals surface area contributed by atoms with Crippen LogP contribution in [-0.4, -0.2) is 33.2 Å². The van der Waals surface area contributed by atoms with Crippen molar-refractivity contribution in [3.8, 4) is 11.5 Å². The maximum atomic E-state index is 12.2. The van der Waals surface area contributed by atoms with Gasteiger partial charge >= 0.3 is 0 Å². The van der Waals surface area contributed by atoms with Crippen molar-refractivity contribution in [2.45, 2.75) is 6.92 Å². The van der Waals surface area contributed by atoms with Gasteiger partial charge in [0.05, 0.1) is 30.8 Å². The number of carbonyl (C=O) groups is 1. The van der Waals surface area contributed by atoms with E-state index in [2.05, 4.69) is 17.6 Å². The molecule has 1 heterocycles. The van der Waals surface area contributed by atoms with Crippen molar-refractivity contribution in [2.75, 3.05) is 32.6 Å². The number of ether oxygens (including phenoxy) is 2. The number of carbonyl (C=O) groups excluding carboxylic acids is 1. The van der Waals surface area contributed by atoms with Crippen molar-refractivity contribution in [1.82, 2.24) is 5.32 Å². The molecule has 0 radical (unpaired) electrons. The van der Waals surface area contributed by atoms with Crippen LogP contribution in [0, 0.1) is 11.8 Å². The first kappa shape index (κ1) is 14.9. The Kier molecular flexibility index (Phi) is 4.73. The highest BCUT2D eigenvalue weighted by atomic mass is 35.5. The number of methoxy groups -OCH3 is 2. The van der Waals surface area contributed by atoms with E-state index in [4.69, 9.17) is 21.1 Å². The number of hydrogen-bond acceptors (Lipinski definition) is 4. The summed E-state index contributed by atoms with van der Waals surface area (Å²) in [5, 5.41) is 6.49. The quantitative estimate of drug-likeness (QED) is 0.894. The number of rotatable bonds is 4. The molecule has 0 saturated carbocycles. The van der Waals surface area contributed by atoms with E-state index < -0.39 is 0 Å². The predicted octanol–water partition coefficient (Wildman–Crippen LogP) is 2.15. The fraction of sp³-hybridized carbons (Fsp3) is 0.500. The minimum atomic E-state index is -0.0424. The molecule has 20 heavy (non-hydrogen) atoms. The van der Waals surface area contributed by atoms with Gasteiger partial charge in [0.2, 0.25) is 5.91 Å². The van der Waals surface area contributed by atoms with Gasteiger partial charge in [-0.3, -0.25) is 4.79 Å². The van der Waals surface area contributed by atoms with Gasteiger partial charge in [-0.05, 0) is 12.5 Å². The van der Waals surface area contributed by atoms with Crippen molar-refractivity contribution in [1.29, 1.82) is 0 Å². The lowest BCUT2D eigenvalue weighted by Gasteiger charge is -2.16. The van der Waals surface area contributed by atoms with Gasteiger partial charge in [0.1, 0.15) is 0 Å². The summed E-state index contributed by atoms with van der Waals surface area (Å²) in [7, 11) is 3.08. The summed E-state index contributed by atoms with van der Waals surface area (Å²) in [5.74, 6) is 1.31. The molecule has 6 heteroatoms. The van der Waals surface area contributed by atoms with E-state index >= 15 is 0 Å². The normalized spacial score (nSPS) is 21.6. The van der Waals surface area contributed by atoms with Gasteiger partial charge < -0.3 is 20.1 Å². The minimum Gasteiger partial charge on any atom is -0.493 e. The molecule has 2 N–H and O–H groups in total. The number of amides is 1. The Bertz CT molecular complexity index is 507. The zero-order chi connectivity index (χ0) is 14.7. The van der Waals surface area contributed by atoms with E-state index in [0.29, 0.717) is 34.7 Å². The van der Waals surface area contributed by atoms with Crippen molar-refractivity contribution in [3.05, 3.63) is 17.2 Å². The zero-order valence-electron chi connectivity index (χ0n) is 11.8. The standard InChI is InChI=1S/C14H19ClN2O3/c1-8-6-16-7-9(8)14(18)17-11-5-13(20-3)12(19-2)4-10(11)15/h4-5,8-9,16H,6-7H2,1-3H3,(H,17,18)/t8-,9-/m1/s1. The van der Waals surface area contributed by atoms with Gasteiger partial charge in [-0.2, -0.15) is 0 Å². The summed E-state index contributed by atoms with van der Waals surface area (Å²) in [6.45, 7) is 3.61. The number of nitrogens with one attached hydrogen (secondary N) is 2. The summed E-state index contributed by atoms with van der Waals surface area (Å²) < 4.78 is 10.4. The van der Waals surface area contributed by atoms with E-state index in [9.17, 15) is 4.79 Å². The van der Waals surface area contributed by atoms with Gasteiger partial charge in [-0.15, -0.1) is 0 Å². The lowest BCUT2D eigenvalue weighted by molar-refractivity contribution is -0.120. The minimum absolute atomic E-state index is 0.0309. The van der Waals surface area contributed by atoms with Gasteiger partial charge in [-0.1, -0.05) is 18.5 Å². The van der Waals surface area contributed by atoms with E-state index in [1.165, 1.54) is 7.11 Å². The summed E-state index contributed by atoms with van der Waals surface area (Å²) in [6, 6.07) is 3.30. The van der Waals surface area contributed by atoms with Crippen LogP contribution in [0.3, 0.4) is 0 Å². The average Bonchev–Trinajstić information content (AvgIpc) is 2.86. The average molecular weight is 299 g/mol. The Labute approximate surface area is 123 Å². The van der Waals surface area contributed by atoms with E-state index in [1.807, 2.05) is 0 Å². The number of anilines is 1. The molecule has 1 aliphatic rings. The molecule has 0 unspecified atom stereocenters. The first-order chi connectivity index (χ1) is 9.56. The van der Waals surface area contributed by atoms with Crippen LogP contribution in [0.4, 0.5) is 5.69 Å². The molecule has 110 valence electrons. The second-order valence-corrected chi connectivity index (χ2v) is 5.33. The Balaban J connectivity index is 2.18. The highest BCUT2D eigenvalue weighted by molar-refractivity contribution is 6.34. The molecule has 2 rings (SSSR count). The third kappa shape index (κ3) is 2.99. The third-order valence-corrected chi connectivity index (χ3v) is 3.90. The number of benzene rings is 1. The zero-order valence-corrected chi connectivity index (χ0v) is 12.6. The van der Waals surface area contributed by atoms with Gasteiger partial charge in [0, 0.05) is 18.7 Å². The molecule has 2 atom stereocenters. The molecule has 1 fully saturated rings. The lowest BCUT2D eigenvalue weighted by atomic mass is 9.97. The highest BCUT2D eigenvalue weighted by Gasteiger charge is 2.30. The third-order valence-electron chi connectivity index (χ3n) is 3.59. The van der Waals surface area contributed by atoms with E-state index in [1.54, 1.807) is 19.2 Å². The van der Waals surface area contributed by atoms with Gasteiger partial charge in [0.25, 0.3) is 0 Å². The Hall–Kier alpha value is -1.46. The SMILES string of the molecule is COc1cc(Cl)c(NC(=O)[C@@H]2CNC[C@H]2C)cc1OC. The first-order valence-electron chi connectivity index (χ1n) is 6.50. The van der Waals surface area contributed by atoms with Crippen LogP contribution in [0.15, 0.2) is 12.1 Å². The summed E-state index contributed by atoms with van der Waals surface area (Å²) in [6.07, 6.45) is 0. The van der Waals surface area contributed by atoms with Gasteiger partial charge in [0.15, 0.2) is 11.5 Å². The fourth-order valence-electron chi connectivity index (χ4n) is 2.34. The van der Waals surface area contributed by atoms with E-state index in [-0.39, 0.29) is 11.8 Å². The van der Waals surface area contributed by atoms with Crippen molar-refractivity contribution < 1.29 is 14.3 Å². The molecule has 1 aromatic carbocycles. The highest BCUT2D eigenvalue weighted by Crippen LogP contribution is 2.36. The van der Waals surface area contributed by atoms with Crippen LogP contribution >= 0.6 is 11.6 Å². The van der Waals surface area contributed by atoms with E-state index in [0.717, 1.165) is 6.54 Å². The van der Waals surface area contributed by atoms with Gasteiger partial charge in [-0.25, -0.2) is 0 Å². The predicted molar refractivity (Wildman–Crippen MR) is 78.7 cm³/mol. The second-order valence-electron chi connectivity index (χ2n) is 4.92. The van der Waals surface area contributed by atoms with Crippen LogP contribution in [0.2, 0.25) is 5.02 Å². The molecule has 0 bridgehead atoms. The Morgan fingerprint density at radius 1 is 1.30 bits per heavy atom. The molecule has 1 aliphatic heterocycles. The molecule has 0 spiro atoms. The maximum absolute atomic E-state index is 12.2. The molecular weight excluding hydrogens is 280 g/mol. The first-order valence-corrected chi connectivity index (χ1v) is 6.87. The fourth-order valence-corrected chi connectivity index (χ4v) is 2.54. The number of halogens is 1. The largest absolute Gasteiger partial charge is 0.493 e. The molecule has 1 aromatic rings. The monoisotopic (exact) mass is 298 g/mol. The van der Waals surface area contributed by atoms with Crippen LogP contribution < -0.4 is 20.1 Å². The molecule has 1 amide bonds. The van der Waals surface area contributed by atoms with Crippen LogP contribution in [0.1, 0.15) is 6.92 Å². The van der Waals surface area contributed by atoms with Crippen LogP contribution in [0.25, 0.3) is 0 Å². The van der Waals surface area contributed by atoms with Crippen molar-refractivity contribution in [2.24, 2.45) is 11.8 Å². The van der Waals surface area contributed by atoms with Crippen LogP contribution in [-0.2, 0) is 4.79 Å². The second kappa shape index (κ2) is 6.33. The molecular formula is C14H19ClN2O3. The summed E-state index contributed by atoms with van der Waals surface area (Å²) in [4.78, 5) is 12.2. The smallest absolute Gasteiger partial charge is 0.229 e. The molecule has 5 nitrogen and oxygen atoms in total.